The Hall–Kier alpha value is 1.97. The Morgan fingerprint density at radius 1 is 0.250 bits per heavy atom. The Balaban J connectivity index is -0.000000527. The van der Waals surface area contributed by atoms with Gasteiger partial charge in [0.05, 0.1) is 33.0 Å². The molecule has 0 aromatic heterocycles. The molecule has 0 heterocycles. The molecule has 0 aliphatic rings. The maximum Gasteiger partial charge on any atom is 1.00 e. The van der Waals surface area contributed by atoms with E-state index in [0.717, 1.165) is 70.6 Å². The molecule has 456 valence electrons. The molecule has 0 aromatic rings. The van der Waals surface area contributed by atoms with E-state index in [-0.39, 0.29) is 71.2 Å². The molecule has 12 nitrogen and oxygen atoms in total. The van der Waals surface area contributed by atoms with Crippen molar-refractivity contribution in [2.75, 3.05) is 33.0 Å². The molecule has 0 fully saturated rings. The second-order valence-corrected chi connectivity index (χ2v) is 25.6. The molecule has 0 unspecified atom stereocenters. The van der Waals surface area contributed by atoms with Crippen molar-refractivity contribution in [3.05, 3.63) is 0 Å². The number of rotatable bonds is 60. The summed E-state index contributed by atoms with van der Waals surface area (Å²) in [7, 11) is -12.2. The van der Waals surface area contributed by atoms with Crippen LogP contribution < -0.4 is 56.3 Å². The Bertz CT molecular complexity index is 1090. The first kappa shape index (κ1) is 84.4. The predicted molar refractivity (Wildman–Crippen MR) is 318 cm³/mol. The minimum absolute atomic E-state index is 0. The van der Waals surface area contributed by atoms with E-state index < -0.39 is 23.5 Å². The summed E-state index contributed by atoms with van der Waals surface area (Å²) in [5, 5.41) is 0. The molecule has 0 spiro atoms. The molecular formula is C60H128KO12P3. The molecule has 0 aliphatic carbocycles. The van der Waals surface area contributed by atoms with Crippen LogP contribution in [0.2, 0.25) is 0 Å². The third kappa shape index (κ3) is 82.4. The van der Waals surface area contributed by atoms with Crippen molar-refractivity contribution in [2.45, 2.75) is 356 Å². The van der Waals surface area contributed by atoms with Gasteiger partial charge < -0.3 is 28.6 Å². The van der Waals surface area contributed by atoms with Crippen LogP contribution in [0.15, 0.2) is 0 Å². The smallest absolute Gasteiger partial charge is 0.756 e. The Morgan fingerprint density at radius 2 is 0.395 bits per heavy atom. The summed E-state index contributed by atoms with van der Waals surface area (Å²) in [4.78, 5) is 38.3. The maximum atomic E-state index is 11.8. The zero-order chi connectivity index (χ0) is 55.9. The fourth-order valence-electron chi connectivity index (χ4n) is 8.92. The van der Waals surface area contributed by atoms with E-state index in [1.165, 1.54) is 250 Å². The fraction of sp³-hybridized carbons (Fsp3) is 1.00. The predicted octanol–water partition coefficient (Wildman–Crippen LogP) is 18.3. The van der Waals surface area contributed by atoms with Gasteiger partial charge >= 0.3 is 67.0 Å². The third-order valence-electron chi connectivity index (χ3n) is 13.8. The van der Waals surface area contributed by atoms with Crippen molar-refractivity contribution in [2.24, 2.45) is 0 Å². The molecule has 76 heavy (non-hydrogen) atoms. The average Bonchev–Trinajstić information content (AvgIpc) is 3.37. The fourth-order valence-corrected chi connectivity index (χ4v) is 10.9. The summed E-state index contributed by atoms with van der Waals surface area (Å²) < 4.78 is 58.4. The van der Waals surface area contributed by atoms with Crippen molar-refractivity contribution in [3.8, 4) is 0 Å². The van der Waals surface area contributed by atoms with Gasteiger partial charge in [-0.15, -0.1) is 0 Å². The van der Waals surface area contributed by atoms with Crippen molar-refractivity contribution >= 4 is 23.5 Å². The van der Waals surface area contributed by atoms with E-state index in [4.69, 9.17) is 27.9 Å². The molecule has 0 radical (unpaired) electrons. The number of phosphoric acid groups is 3. The molecule has 0 amide bonds. The number of hydrogen-bond acceptors (Lipinski definition) is 9. The van der Waals surface area contributed by atoms with Gasteiger partial charge in [0.25, 0.3) is 7.82 Å². The summed E-state index contributed by atoms with van der Waals surface area (Å²) in [6.07, 6.45) is 61.3. The van der Waals surface area contributed by atoms with E-state index in [1.807, 2.05) is 0 Å². The van der Waals surface area contributed by atoms with Crippen LogP contribution in [-0.4, -0.2) is 47.7 Å². The zero-order valence-corrected chi connectivity index (χ0v) is 57.1. The van der Waals surface area contributed by atoms with E-state index in [2.05, 4.69) is 39.1 Å². The van der Waals surface area contributed by atoms with Gasteiger partial charge in [-0.05, 0) is 32.1 Å². The first-order valence-electron chi connectivity index (χ1n) is 32.2. The van der Waals surface area contributed by atoms with Gasteiger partial charge in [0, 0.05) is 0 Å². The standard InChI is InChI=1S/2C24H51O4P.C12H27O4P.K/c2*1-3-5-7-9-11-13-15-17-19-21-23-27-29(25,26)28-24-22-20-18-16-14-12-10-8-6-4-2;1-2-3-4-5-6-7-8-9-10-11-12-16-17(13,14)15;/h2*3-24H2,1-2H3,(H,25,26);2-12H2,1H3,(H2,13,14,15);/q;;;+1/p-1. The van der Waals surface area contributed by atoms with Crippen LogP contribution in [0.5, 0.6) is 0 Å². The largest absolute Gasteiger partial charge is 1.00 e. The van der Waals surface area contributed by atoms with Crippen LogP contribution in [-0.2, 0) is 36.3 Å². The van der Waals surface area contributed by atoms with Crippen LogP contribution in [0.3, 0.4) is 0 Å². The SMILES string of the molecule is CCCCCCCCCCCCOP(=O)(O)O.CCCCCCCCCCCCOP(=O)(O)OCCCCCCCCCCCC.CCCCCCCCCCCCOP(=O)([O-])OCCCCCCCCCCCC.[K+]. The Morgan fingerprint density at radius 3 is 0.566 bits per heavy atom. The van der Waals surface area contributed by atoms with E-state index in [0.29, 0.717) is 13.2 Å². The average molecular weight is 1170 g/mol. The van der Waals surface area contributed by atoms with Gasteiger partial charge in [-0.2, -0.15) is 0 Å². The Kier molecular flexibility index (Phi) is 77.2. The number of unbranched alkanes of at least 4 members (excludes halogenated alkanes) is 45. The van der Waals surface area contributed by atoms with Gasteiger partial charge in [0.1, 0.15) is 0 Å². The number of phosphoric ester groups is 3. The van der Waals surface area contributed by atoms with Gasteiger partial charge in [0.2, 0.25) is 0 Å². The molecular weight excluding hydrogens is 1040 g/mol. The molecule has 0 aliphatic heterocycles. The normalized spacial score (nSPS) is 11.8. The van der Waals surface area contributed by atoms with Crippen LogP contribution in [0.1, 0.15) is 356 Å². The zero-order valence-electron chi connectivity index (χ0n) is 51.2. The minimum Gasteiger partial charge on any atom is -0.756 e. The molecule has 0 saturated carbocycles. The molecule has 0 bridgehead atoms. The maximum absolute atomic E-state index is 11.8. The monoisotopic (exact) mass is 1170 g/mol. The second-order valence-electron chi connectivity index (χ2n) is 21.5. The van der Waals surface area contributed by atoms with E-state index >= 15 is 0 Å². The van der Waals surface area contributed by atoms with Crippen LogP contribution in [0.25, 0.3) is 0 Å². The van der Waals surface area contributed by atoms with E-state index in [9.17, 15) is 23.5 Å². The van der Waals surface area contributed by atoms with Crippen LogP contribution in [0, 0.1) is 0 Å². The third-order valence-corrected chi connectivity index (χ3v) is 16.3. The van der Waals surface area contributed by atoms with Gasteiger partial charge in [-0.3, -0.25) is 18.1 Å². The van der Waals surface area contributed by atoms with Gasteiger partial charge in [-0.25, -0.2) is 9.13 Å². The molecule has 0 atom stereocenters. The molecule has 3 N–H and O–H groups in total. The van der Waals surface area contributed by atoms with Crippen molar-refractivity contribution < 1.29 is 107 Å². The topological polar surface area (TPSA) is 181 Å². The molecule has 16 heteroatoms. The molecule has 0 rings (SSSR count). The van der Waals surface area contributed by atoms with Crippen LogP contribution >= 0.6 is 23.5 Å². The quantitative estimate of drug-likeness (QED) is 0.0298. The van der Waals surface area contributed by atoms with Gasteiger partial charge in [0.15, 0.2) is 0 Å². The first-order valence-corrected chi connectivity index (χ1v) is 36.7. The second kappa shape index (κ2) is 69.5. The van der Waals surface area contributed by atoms with Gasteiger partial charge in [-0.1, -0.05) is 324 Å². The summed E-state index contributed by atoms with van der Waals surface area (Å²) >= 11 is 0. The summed E-state index contributed by atoms with van der Waals surface area (Å²) in [5.74, 6) is 0. The number of hydrogen-bond donors (Lipinski definition) is 3. The van der Waals surface area contributed by atoms with Crippen LogP contribution in [0.4, 0.5) is 0 Å². The summed E-state index contributed by atoms with van der Waals surface area (Å²) in [6, 6.07) is 0. The van der Waals surface area contributed by atoms with Crippen molar-refractivity contribution in [3.63, 3.8) is 0 Å². The van der Waals surface area contributed by atoms with Crippen molar-refractivity contribution in [1.82, 2.24) is 0 Å². The first-order chi connectivity index (χ1) is 36.3. The van der Waals surface area contributed by atoms with Crippen molar-refractivity contribution in [1.29, 1.82) is 0 Å². The molecule has 0 aromatic carbocycles. The van der Waals surface area contributed by atoms with E-state index in [1.54, 1.807) is 0 Å². The minimum atomic E-state index is -4.24. The summed E-state index contributed by atoms with van der Waals surface area (Å²) in [6.45, 7) is 12.5. The Labute approximate surface area is 515 Å². The summed E-state index contributed by atoms with van der Waals surface area (Å²) in [5.41, 5.74) is 0. The molecule has 0 saturated heterocycles.